The lowest BCUT2D eigenvalue weighted by Gasteiger charge is -2.58. The van der Waals surface area contributed by atoms with Gasteiger partial charge in [-0.1, -0.05) is 32.4 Å². The Morgan fingerprint density at radius 2 is 2.00 bits per heavy atom. The van der Waals surface area contributed by atoms with Crippen molar-refractivity contribution in [2.75, 3.05) is 0 Å². The molecule has 0 heterocycles. The van der Waals surface area contributed by atoms with Crippen molar-refractivity contribution in [1.82, 2.24) is 0 Å². The summed E-state index contributed by atoms with van der Waals surface area (Å²) in [6.07, 6.45) is 12.7. The molecule has 0 aromatic carbocycles. The fraction of sp³-hybridized carbons (Fsp3) is 0.875. The zero-order valence-corrected chi connectivity index (χ0v) is 17.4. The summed E-state index contributed by atoms with van der Waals surface area (Å²) in [4.78, 5) is 10.9. The van der Waals surface area contributed by atoms with E-state index in [1.807, 2.05) is 0 Å². The van der Waals surface area contributed by atoms with Crippen LogP contribution in [0.4, 0.5) is 0 Å². The van der Waals surface area contributed by atoms with E-state index in [-0.39, 0.29) is 12.5 Å². The summed E-state index contributed by atoms with van der Waals surface area (Å²) in [5, 5.41) is 21.1. The number of fused-ring (bicyclic) bond motifs is 5. The van der Waals surface area contributed by atoms with Gasteiger partial charge >= 0.3 is 0 Å². The molecular weight excluding hydrogens is 336 g/mol. The molecule has 4 aliphatic rings. The molecule has 0 unspecified atom stereocenters. The average molecular weight is 374 g/mol. The molecule has 0 aliphatic heterocycles. The molecule has 3 saturated carbocycles. The number of carbonyl (C=O) groups excluding carboxylic acids is 1. The number of hydrogen-bond acceptors (Lipinski definition) is 3. The Morgan fingerprint density at radius 1 is 1.22 bits per heavy atom. The molecule has 27 heavy (non-hydrogen) atoms. The van der Waals surface area contributed by atoms with Crippen molar-refractivity contribution in [3.63, 3.8) is 0 Å². The van der Waals surface area contributed by atoms with Crippen molar-refractivity contribution in [3.8, 4) is 0 Å². The van der Waals surface area contributed by atoms with Crippen LogP contribution in [0.25, 0.3) is 0 Å². The third-order valence-corrected chi connectivity index (χ3v) is 9.64. The number of carboxylic acid groups (broad SMARTS) is 1. The molecule has 3 fully saturated rings. The molecule has 0 saturated heterocycles. The van der Waals surface area contributed by atoms with Crippen LogP contribution < -0.4 is 5.11 Å². The highest BCUT2D eigenvalue weighted by Gasteiger charge is 2.59. The van der Waals surface area contributed by atoms with Crippen LogP contribution in [0.1, 0.15) is 85.0 Å². The summed E-state index contributed by atoms with van der Waals surface area (Å²) in [7, 11) is 0. The largest absolute Gasteiger partial charge is 0.550 e. The van der Waals surface area contributed by atoms with Gasteiger partial charge in [-0.05, 0) is 105 Å². The van der Waals surface area contributed by atoms with Gasteiger partial charge in [-0.3, -0.25) is 0 Å². The van der Waals surface area contributed by atoms with E-state index < -0.39 is 5.97 Å². The van der Waals surface area contributed by atoms with Gasteiger partial charge in [0.15, 0.2) is 0 Å². The van der Waals surface area contributed by atoms with Crippen LogP contribution in [-0.4, -0.2) is 17.2 Å². The van der Waals surface area contributed by atoms with Gasteiger partial charge in [0, 0.05) is 5.97 Å². The van der Waals surface area contributed by atoms with Crippen molar-refractivity contribution in [3.05, 3.63) is 11.6 Å². The van der Waals surface area contributed by atoms with Crippen molar-refractivity contribution in [1.29, 1.82) is 0 Å². The van der Waals surface area contributed by atoms with Crippen molar-refractivity contribution < 1.29 is 15.0 Å². The Bertz CT molecular complexity index is 625. The van der Waals surface area contributed by atoms with Gasteiger partial charge in [-0.15, -0.1) is 0 Å². The van der Waals surface area contributed by atoms with Crippen molar-refractivity contribution in [2.45, 2.75) is 91.1 Å². The quantitative estimate of drug-likeness (QED) is 0.755. The van der Waals surface area contributed by atoms with Crippen LogP contribution >= 0.6 is 0 Å². The fourth-order valence-corrected chi connectivity index (χ4v) is 8.16. The zero-order chi connectivity index (χ0) is 19.4. The Balaban J connectivity index is 1.54. The molecule has 0 radical (unpaired) electrons. The second kappa shape index (κ2) is 6.90. The van der Waals surface area contributed by atoms with Crippen LogP contribution in [0.3, 0.4) is 0 Å². The lowest BCUT2D eigenvalue weighted by molar-refractivity contribution is -0.306. The van der Waals surface area contributed by atoms with E-state index in [1.54, 1.807) is 5.57 Å². The lowest BCUT2D eigenvalue weighted by Crippen LogP contribution is -2.50. The topological polar surface area (TPSA) is 60.4 Å². The maximum atomic E-state index is 10.9. The van der Waals surface area contributed by atoms with Crippen LogP contribution in [0.2, 0.25) is 0 Å². The van der Waals surface area contributed by atoms with E-state index in [2.05, 4.69) is 26.8 Å². The maximum Gasteiger partial charge on any atom is 0.0577 e. The summed E-state index contributed by atoms with van der Waals surface area (Å²) in [6, 6.07) is 0. The van der Waals surface area contributed by atoms with Gasteiger partial charge in [0.2, 0.25) is 0 Å². The SMILES string of the molecule is C[C@H](CCC(=O)[O-])[C@@H]1CC[C@H]2[C@@H]3CC=C4C[C@@H](O)CC[C@]4(C)[C@@H]3CC[C@@]21C. The maximum absolute atomic E-state index is 10.9. The molecule has 0 bridgehead atoms. The summed E-state index contributed by atoms with van der Waals surface area (Å²) >= 11 is 0. The van der Waals surface area contributed by atoms with E-state index in [9.17, 15) is 15.0 Å². The van der Waals surface area contributed by atoms with E-state index in [0.29, 0.717) is 22.7 Å². The molecule has 4 rings (SSSR count). The molecule has 0 amide bonds. The van der Waals surface area contributed by atoms with Gasteiger partial charge in [0.1, 0.15) is 0 Å². The summed E-state index contributed by atoms with van der Waals surface area (Å²) in [6.45, 7) is 7.28. The van der Waals surface area contributed by atoms with E-state index in [0.717, 1.165) is 43.4 Å². The second-order valence-electron chi connectivity index (χ2n) is 10.8. The number of aliphatic hydroxyl groups excluding tert-OH is 1. The third kappa shape index (κ3) is 3.09. The van der Waals surface area contributed by atoms with E-state index >= 15 is 0 Å². The van der Waals surface area contributed by atoms with Gasteiger partial charge in [0.05, 0.1) is 6.10 Å². The average Bonchev–Trinajstić information content (AvgIpc) is 2.97. The van der Waals surface area contributed by atoms with Crippen LogP contribution in [0.15, 0.2) is 11.6 Å². The molecule has 8 atom stereocenters. The number of carbonyl (C=O) groups is 1. The van der Waals surface area contributed by atoms with Crippen LogP contribution in [0, 0.1) is 40.4 Å². The van der Waals surface area contributed by atoms with Crippen molar-refractivity contribution in [2.24, 2.45) is 40.4 Å². The minimum absolute atomic E-state index is 0.129. The number of rotatable bonds is 4. The first-order chi connectivity index (χ1) is 12.8. The van der Waals surface area contributed by atoms with Gasteiger partial charge in [0.25, 0.3) is 0 Å². The minimum Gasteiger partial charge on any atom is -0.550 e. The fourth-order valence-electron chi connectivity index (χ4n) is 8.16. The number of carboxylic acids is 1. The Kier molecular flexibility index (Phi) is 4.98. The number of allylic oxidation sites excluding steroid dienone is 1. The first-order valence-corrected chi connectivity index (χ1v) is 11.3. The van der Waals surface area contributed by atoms with E-state index in [4.69, 9.17) is 0 Å². The summed E-state index contributed by atoms with van der Waals surface area (Å²) < 4.78 is 0. The monoisotopic (exact) mass is 373 g/mol. The van der Waals surface area contributed by atoms with Crippen molar-refractivity contribution >= 4 is 5.97 Å². The van der Waals surface area contributed by atoms with Crippen LogP contribution in [0.5, 0.6) is 0 Å². The zero-order valence-electron chi connectivity index (χ0n) is 17.4. The second-order valence-corrected chi connectivity index (χ2v) is 10.8. The van der Waals surface area contributed by atoms with Crippen LogP contribution in [-0.2, 0) is 4.79 Å². The van der Waals surface area contributed by atoms with Gasteiger partial charge < -0.3 is 15.0 Å². The summed E-state index contributed by atoms with van der Waals surface area (Å²) in [5.41, 5.74) is 2.23. The molecule has 152 valence electrons. The molecule has 3 nitrogen and oxygen atoms in total. The van der Waals surface area contributed by atoms with Gasteiger partial charge in [-0.25, -0.2) is 0 Å². The molecule has 4 aliphatic carbocycles. The number of aliphatic carboxylic acids is 1. The first kappa shape index (κ1) is 19.5. The normalized spacial score (nSPS) is 47.4. The predicted molar refractivity (Wildman–Crippen MR) is 105 cm³/mol. The number of hydrogen-bond donors (Lipinski definition) is 1. The third-order valence-electron chi connectivity index (χ3n) is 9.64. The predicted octanol–water partition coefficient (Wildman–Crippen LogP) is 4.09. The molecule has 3 heteroatoms. The molecule has 1 N–H and O–H groups in total. The Morgan fingerprint density at radius 3 is 2.74 bits per heavy atom. The highest BCUT2D eigenvalue weighted by atomic mass is 16.4. The molecule has 0 aromatic rings. The molecular formula is C24H37O3-. The van der Waals surface area contributed by atoms with Gasteiger partial charge in [-0.2, -0.15) is 0 Å². The molecule has 0 aromatic heterocycles. The summed E-state index contributed by atoms with van der Waals surface area (Å²) in [5.74, 6) is 2.58. The minimum atomic E-state index is -0.900. The standard InChI is InChI=1S/C24H38O3/c1-15(4-9-22(26)27)19-7-8-20-18-6-5-16-14-17(25)10-12-23(16,2)21(18)11-13-24(19,20)3/h5,15,17-21,25H,4,6-14H2,1-3H3,(H,26,27)/p-1/t15-,17+,18+,19+,20+,21-,23+,24-/m1/s1. The highest BCUT2D eigenvalue weighted by Crippen LogP contribution is 2.67. The first-order valence-electron chi connectivity index (χ1n) is 11.3. The smallest absolute Gasteiger partial charge is 0.0577 e. The Labute approximate surface area is 164 Å². The highest BCUT2D eigenvalue weighted by molar-refractivity contribution is 5.64. The number of aliphatic hydroxyl groups is 1. The lowest BCUT2D eigenvalue weighted by atomic mass is 9.47. The Hall–Kier alpha value is -0.830. The van der Waals surface area contributed by atoms with E-state index in [1.165, 1.54) is 32.1 Å². The molecule has 0 spiro atoms.